The summed E-state index contributed by atoms with van der Waals surface area (Å²) in [4.78, 5) is 57.9. The lowest BCUT2D eigenvalue weighted by Crippen LogP contribution is -2.55. The van der Waals surface area contributed by atoms with Crippen molar-refractivity contribution in [3.63, 3.8) is 0 Å². The molecule has 4 aromatic heterocycles. The number of likely N-dealkylation sites (tertiary alicyclic amines) is 3. The topological polar surface area (TPSA) is 208 Å². The number of amides is 2. The van der Waals surface area contributed by atoms with Crippen LogP contribution in [-0.4, -0.2) is 158 Å². The molecule has 7 aromatic rings. The first-order chi connectivity index (χ1) is 38.8. The summed E-state index contributed by atoms with van der Waals surface area (Å²) in [6.07, 6.45) is 5.74. The number of aliphatic hydroxyl groups excluding tert-OH is 1. The number of hydrogen-bond donors (Lipinski definition) is 4. The summed E-state index contributed by atoms with van der Waals surface area (Å²) in [5.41, 5.74) is 9.72. The highest BCUT2D eigenvalue weighted by molar-refractivity contribution is 7.13. The van der Waals surface area contributed by atoms with Gasteiger partial charge in [-0.1, -0.05) is 63.2 Å². The number of piperidine rings is 1. The normalized spacial score (nSPS) is 23.2. The fourth-order valence-electron chi connectivity index (χ4n) is 13.6. The third-order valence-corrected chi connectivity index (χ3v) is 18.8. The SMILES string of the molecule is Cc1ncsc1-c1ccc([C@H](C)NC(=O)[C@@H]2C[C@@H](O)CN2C(=O)[C@H](c2cc(OC3CN(CC4CCN(CCOc5nc(N6CC7CCC(C6)N7)c6cnc7c(c6n5)C(C)c5cccc6cc(O)cc-7c56)CC4)C3)no2)C(C)C)cc1. The molecular weight excluding hydrogens is 1030 g/mol. The molecule has 4 N–H and O–H groups in total. The maximum Gasteiger partial charge on any atom is 0.319 e. The Morgan fingerprint density at radius 3 is 2.48 bits per heavy atom. The molecular formula is C61H71N11O7S. The molecule has 418 valence electrons. The van der Waals surface area contributed by atoms with Gasteiger partial charge in [-0.25, -0.2) is 4.98 Å². The zero-order valence-electron chi connectivity index (χ0n) is 46.2. The number of fused-ring (bicyclic) bond motifs is 6. The minimum absolute atomic E-state index is 0.0251. The van der Waals surface area contributed by atoms with Crippen molar-refractivity contribution in [1.82, 2.24) is 50.4 Å². The van der Waals surface area contributed by atoms with Gasteiger partial charge >= 0.3 is 6.01 Å². The highest BCUT2D eigenvalue weighted by Gasteiger charge is 2.44. The van der Waals surface area contributed by atoms with Gasteiger partial charge in [-0.2, -0.15) is 9.97 Å². The number of thiazole rings is 1. The molecule has 5 aliphatic heterocycles. The largest absolute Gasteiger partial charge is 0.508 e. The number of carbonyl (C=O) groups excluding carboxylic acids is 2. The molecule has 19 heteroatoms. The van der Waals surface area contributed by atoms with E-state index in [9.17, 15) is 19.8 Å². The van der Waals surface area contributed by atoms with Crippen molar-refractivity contribution in [2.75, 3.05) is 70.4 Å². The van der Waals surface area contributed by atoms with E-state index in [-0.39, 0.29) is 54.5 Å². The molecule has 9 heterocycles. The molecule has 2 bridgehead atoms. The van der Waals surface area contributed by atoms with Crippen LogP contribution in [-0.2, 0) is 9.59 Å². The summed E-state index contributed by atoms with van der Waals surface area (Å²) >= 11 is 1.60. The predicted molar refractivity (Wildman–Crippen MR) is 306 cm³/mol. The summed E-state index contributed by atoms with van der Waals surface area (Å²) in [5, 5.41) is 35.8. The number of aliphatic hydroxyl groups is 1. The van der Waals surface area contributed by atoms with Gasteiger partial charge in [0, 0.05) is 93.6 Å². The molecule has 3 unspecified atom stereocenters. The molecule has 7 atom stereocenters. The lowest BCUT2D eigenvalue weighted by Gasteiger charge is -2.42. The number of phenols is 1. The molecule has 18 nitrogen and oxygen atoms in total. The number of aromatic hydroxyl groups is 1. The van der Waals surface area contributed by atoms with E-state index in [1.165, 1.54) is 10.5 Å². The highest BCUT2D eigenvalue weighted by atomic mass is 32.1. The fourth-order valence-corrected chi connectivity index (χ4v) is 14.5. The fraction of sp³-hybridized carbons (Fsp3) is 0.492. The molecule has 3 aromatic carbocycles. The van der Waals surface area contributed by atoms with E-state index in [2.05, 4.69) is 60.6 Å². The maximum absolute atomic E-state index is 14.3. The van der Waals surface area contributed by atoms with Crippen molar-refractivity contribution in [3.8, 4) is 39.3 Å². The van der Waals surface area contributed by atoms with Crippen LogP contribution in [0, 0.1) is 18.8 Å². The van der Waals surface area contributed by atoms with E-state index < -0.39 is 18.1 Å². The Morgan fingerprint density at radius 2 is 1.73 bits per heavy atom. The van der Waals surface area contributed by atoms with Gasteiger partial charge in [0.25, 0.3) is 5.88 Å². The number of carbonyl (C=O) groups is 2. The van der Waals surface area contributed by atoms with Gasteiger partial charge in [-0.15, -0.1) is 11.3 Å². The molecule has 13 rings (SSSR count). The number of anilines is 1. The molecule has 0 saturated carbocycles. The smallest absolute Gasteiger partial charge is 0.319 e. The van der Waals surface area contributed by atoms with E-state index in [0.717, 1.165) is 144 Å². The zero-order chi connectivity index (χ0) is 54.9. The van der Waals surface area contributed by atoms with E-state index in [4.69, 9.17) is 28.9 Å². The number of β-amino-alcohol motifs (C(OH)–C–C–N with tert-alkyl or cyclic N) is 1. The summed E-state index contributed by atoms with van der Waals surface area (Å²) in [6.45, 7) is 17.7. The Bertz CT molecular complexity index is 3440. The van der Waals surface area contributed by atoms with Gasteiger partial charge in [-0.3, -0.25) is 24.4 Å². The van der Waals surface area contributed by atoms with Crippen LogP contribution in [0.4, 0.5) is 5.82 Å². The van der Waals surface area contributed by atoms with E-state index >= 15 is 0 Å². The van der Waals surface area contributed by atoms with Crippen molar-refractivity contribution < 1.29 is 33.8 Å². The number of ether oxygens (including phenoxy) is 2. The molecule has 1 aliphatic carbocycles. The summed E-state index contributed by atoms with van der Waals surface area (Å²) < 4.78 is 18.6. The van der Waals surface area contributed by atoms with Crippen molar-refractivity contribution in [2.45, 2.75) is 115 Å². The van der Waals surface area contributed by atoms with Crippen molar-refractivity contribution in [1.29, 1.82) is 0 Å². The quantitative estimate of drug-likeness (QED) is 0.0728. The second-order valence-electron chi connectivity index (χ2n) is 23.7. The summed E-state index contributed by atoms with van der Waals surface area (Å²) in [5.74, 6) is 0.956. The van der Waals surface area contributed by atoms with Crippen LogP contribution in [0.3, 0.4) is 0 Å². The number of rotatable bonds is 16. The molecule has 0 radical (unpaired) electrons. The molecule has 5 fully saturated rings. The number of aromatic nitrogens is 5. The number of pyridine rings is 1. The van der Waals surface area contributed by atoms with Crippen molar-refractivity contribution in [3.05, 3.63) is 101 Å². The second kappa shape index (κ2) is 21.6. The average Bonchev–Trinajstić information content (AvgIpc) is 4.43. The Kier molecular flexibility index (Phi) is 14.2. The Hall–Kier alpha value is -6.77. The Labute approximate surface area is 469 Å². The summed E-state index contributed by atoms with van der Waals surface area (Å²) in [6, 6.07) is 19.9. The second-order valence-corrected chi connectivity index (χ2v) is 24.6. The van der Waals surface area contributed by atoms with E-state index in [1.54, 1.807) is 17.4 Å². The van der Waals surface area contributed by atoms with Crippen LogP contribution in [0.15, 0.2) is 76.9 Å². The number of hydrogen-bond acceptors (Lipinski definition) is 17. The third-order valence-electron chi connectivity index (χ3n) is 17.9. The van der Waals surface area contributed by atoms with Crippen LogP contribution in [0.1, 0.15) is 106 Å². The third kappa shape index (κ3) is 10.1. The van der Waals surface area contributed by atoms with Crippen molar-refractivity contribution in [2.24, 2.45) is 11.8 Å². The highest BCUT2D eigenvalue weighted by Crippen LogP contribution is 2.49. The van der Waals surface area contributed by atoms with Crippen LogP contribution in [0.2, 0.25) is 0 Å². The molecule has 2 amide bonds. The number of nitrogens with zero attached hydrogens (tertiary/aromatic N) is 9. The Balaban J connectivity index is 0.594. The van der Waals surface area contributed by atoms with Gasteiger partial charge in [-0.05, 0) is 109 Å². The first-order valence-corrected chi connectivity index (χ1v) is 29.6. The van der Waals surface area contributed by atoms with Gasteiger partial charge < -0.3 is 44.6 Å². The monoisotopic (exact) mass is 1100 g/mol. The Morgan fingerprint density at radius 1 is 0.938 bits per heavy atom. The maximum atomic E-state index is 14.3. The standard InChI is InChI=1S/C61H71N11O7S/c1-33(2)52(60(76)72-29-44(74)23-49(72)59(75)64-35(4)38-9-11-39(12-10-38)57-36(5)63-32-80-57)50-24-51(68-79-50)78-45-30-70(31-45)26-37-15-17-69(18-16-37)19-20-77-61-66-56-48(58(67-61)71-27-41-13-14-42(28-71)65-41)25-62-55-47-22-43(73)21-40-7-6-8-46(54(40)47)34(3)53(55)56/h6-12,21-22,24-25,32-35,37,41-42,44-45,49,52,65,73-74H,13-20,23,26-31H2,1-5H3,(H,64,75)/t34?,35-,41?,42?,44+,49-,52-/m0/s1. The van der Waals surface area contributed by atoms with Gasteiger partial charge in [0.2, 0.25) is 11.8 Å². The average molecular weight is 1100 g/mol. The van der Waals surface area contributed by atoms with Gasteiger partial charge in [0.15, 0.2) is 5.76 Å². The predicted octanol–water partition coefficient (Wildman–Crippen LogP) is 7.81. The van der Waals surface area contributed by atoms with Crippen LogP contribution in [0.25, 0.3) is 43.4 Å². The van der Waals surface area contributed by atoms with Gasteiger partial charge in [0.05, 0.1) is 44.8 Å². The lowest BCUT2D eigenvalue weighted by molar-refractivity contribution is -0.141. The number of benzene rings is 3. The molecule has 0 spiro atoms. The summed E-state index contributed by atoms with van der Waals surface area (Å²) in [7, 11) is 0. The first-order valence-electron chi connectivity index (χ1n) is 28.8. The lowest BCUT2D eigenvalue weighted by atomic mass is 9.79. The first kappa shape index (κ1) is 52.6. The zero-order valence-corrected chi connectivity index (χ0v) is 47.0. The van der Waals surface area contributed by atoms with Crippen LogP contribution in [0.5, 0.6) is 17.6 Å². The molecule has 5 saturated heterocycles. The number of nitrogens with one attached hydrogen (secondary N) is 2. The van der Waals surface area contributed by atoms with Crippen molar-refractivity contribution >= 4 is 50.6 Å². The molecule has 80 heavy (non-hydrogen) atoms. The number of phenolic OH excluding ortho intramolecular Hbond substituents is 1. The van der Waals surface area contributed by atoms with E-state index in [0.29, 0.717) is 42.3 Å². The minimum Gasteiger partial charge on any atom is -0.508 e. The molecule has 6 aliphatic rings. The minimum atomic E-state index is -0.826. The van der Waals surface area contributed by atoms with Crippen LogP contribution >= 0.6 is 11.3 Å². The van der Waals surface area contributed by atoms with Gasteiger partial charge in [0.1, 0.15) is 36.2 Å². The number of piperazine rings is 1. The van der Waals surface area contributed by atoms with Crippen LogP contribution < -0.4 is 25.0 Å². The van der Waals surface area contributed by atoms with E-state index in [1.807, 2.05) is 75.8 Å². The number of aryl methyl sites for hydroxylation is 1.